The second kappa shape index (κ2) is 16.3. The standard InChI is InChI=1S/C63H50N2/c1-43-16-15-25-54(38-43)65(53-32-30-50(31-33-53)63(2,3)4)56-35-37-58-60(42-56)62(49-29-27-45-18-12-14-20-47(45)40-49)57-36-34-55(64(51-21-7-5-8-22-51)52-23-9-6-10-24-52)41-59(57)61(58)48-28-26-44-17-11-13-19-46(44)39-48/h5-42H,1-4H3. The van der Waals surface area contributed by atoms with Crippen LogP contribution in [0.3, 0.4) is 0 Å². The normalized spacial score (nSPS) is 11.7. The van der Waals surface area contributed by atoms with Gasteiger partial charge in [-0.2, -0.15) is 0 Å². The highest BCUT2D eigenvalue weighted by Gasteiger charge is 2.23. The van der Waals surface area contributed by atoms with Gasteiger partial charge in [-0.1, -0.05) is 166 Å². The molecule has 0 fully saturated rings. The van der Waals surface area contributed by atoms with E-state index in [9.17, 15) is 0 Å². The first-order valence-corrected chi connectivity index (χ1v) is 22.7. The van der Waals surface area contributed by atoms with E-state index >= 15 is 0 Å². The highest BCUT2D eigenvalue weighted by atomic mass is 15.1. The van der Waals surface area contributed by atoms with Crippen molar-refractivity contribution >= 4 is 77.2 Å². The molecule has 0 atom stereocenters. The molecule has 0 heterocycles. The van der Waals surface area contributed by atoms with Gasteiger partial charge in [-0.15, -0.1) is 0 Å². The van der Waals surface area contributed by atoms with Gasteiger partial charge < -0.3 is 9.80 Å². The topological polar surface area (TPSA) is 6.48 Å². The fraction of sp³-hybridized carbons (Fsp3) is 0.0794. The Labute approximate surface area is 382 Å². The molecule has 2 heteroatoms. The molecule has 0 aliphatic heterocycles. The lowest BCUT2D eigenvalue weighted by Crippen LogP contribution is -2.13. The maximum absolute atomic E-state index is 2.44. The largest absolute Gasteiger partial charge is 0.310 e. The molecule has 0 aliphatic rings. The number of aryl methyl sites for hydroxylation is 1. The summed E-state index contributed by atoms with van der Waals surface area (Å²) in [7, 11) is 0. The average molecular weight is 835 g/mol. The van der Waals surface area contributed by atoms with Crippen LogP contribution < -0.4 is 9.80 Å². The maximum Gasteiger partial charge on any atom is 0.0468 e. The Morgan fingerprint density at radius 2 is 0.692 bits per heavy atom. The number of hydrogen-bond acceptors (Lipinski definition) is 2. The van der Waals surface area contributed by atoms with Crippen molar-refractivity contribution in [3.05, 3.63) is 242 Å². The van der Waals surface area contributed by atoms with Gasteiger partial charge in [-0.25, -0.2) is 0 Å². The molecular weight excluding hydrogens is 785 g/mol. The van der Waals surface area contributed by atoms with Crippen molar-refractivity contribution in [2.24, 2.45) is 0 Å². The molecule has 0 spiro atoms. The molecule has 0 aliphatic carbocycles. The first-order chi connectivity index (χ1) is 31.8. The first kappa shape index (κ1) is 39.9. The molecule has 0 saturated heterocycles. The van der Waals surface area contributed by atoms with E-state index in [-0.39, 0.29) is 5.41 Å². The summed E-state index contributed by atoms with van der Waals surface area (Å²) in [5.74, 6) is 0. The van der Waals surface area contributed by atoms with E-state index in [2.05, 4.69) is 268 Å². The van der Waals surface area contributed by atoms with Crippen LogP contribution in [-0.2, 0) is 5.41 Å². The van der Waals surface area contributed by atoms with Crippen molar-refractivity contribution in [2.75, 3.05) is 9.80 Å². The molecule has 11 aromatic carbocycles. The van der Waals surface area contributed by atoms with Gasteiger partial charge in [0.25, 0.3) is 0 Å². The van der Waals surface area contributed by atoms with Crippen LogP contribution in [0.15, 0.2) is 231 Å². The highest BCUT2D eigenvalue weighted by Crippen LogP contribution is 2.49. The van der Waals surface area contributed by atoms with Gasteiger partial charge in [-0.3, -0.25) is 0 Å². The molecule has 65 heavy (non-hydrogen) atoms. The highest BCUT2D eigenvalue weighted by molar-refractivity contribution is 6.23. The number of para-hydroxylation sites is 2. The maximum atomic E-state index is 2.44. The van der Waals surface area contributed by atoms with E-state index in [4.69, 9.17) is 0 Å². The van der Waals surface area contributed by atoms with Gasteiger partial charge in [0.15, 0.2) is 0 Å². The minimum atomic E-state index is 0.0453. The number of hydrogen-bond donors (Lipinski definition) is 0. The van der Waals surface area contributed by atoms with Crippen molar-refractivity contribution in [2.45, 2.75) is 33.1 Å². The quantitative estimate of drug-likeness (QED) is 0.141. The van der Waals surface area contributed by atoms with E-state index in [0.29, 0.717) is 0 Å². The van der Waals surface area contributed by atoms with Crippen LogP contribution in [0.2, 0.25) is 0 Å². The molecular formula is C63H50N2. The molecule has 312 valence electrons. The fourth-order valence-electron chi connectivity index (χ4n) is 9.72. The Morgan fingerprint density at radius 3 is 1.17 bits per heavy atom. The molecule has 0 unspecified atom stereocenters. The lowest BCUT2D eigenvalue weighted by molar-refractivity contribution is 0.590. The molecule has 0 radical (unpaired) electrons. The zero-order chi connectivity index (χ0) is 44.1. The van der Waals surface area contributed by atoms with Crippen LogP contribution >= 0.6 is 0 Å². The second-order valence-electron chi connectivity index (χ2n) is 18.3. The van der Waals surface area contributed by atoms with Crippen molar-refractivity contribution in [3.63, 3.8) is 0 Å². The summed E-state index contributed by atoms with van der Waals surface area (Å²) in [6, 6.07) is 85.0. The Balaban J connectivity index is 1.25. The minimum Gasteiger partial charge on any atom is -0.310 e. The second-order valence-corrected chi connectivity index (χ2v) is 18.3. The lowest BCUT2D eigenvalue weighted by atomic mass is 9.84. The number of benzene rings is 11. The van der Waals surface area contributed by atoms with Crippen LogP contribution in [-0.4, -0.2) is 0 Å². The Morgan fingerprint density at radius 1 is 0.292 bits per heavy atom. The summed E-state index contributed by atoms with van der Waals surface area (Å²) in [4.78, 5) is 4.79. The monoisotopic (exact) mass is 834 g/mol. The predicted molar refractivity (Wildman–Crippen MR) is 280 cm³/mol. The molecule has 0 saturated carbocycles. The number of fused-ring (bicyclic) bond motifs is 4. The van der Waals surface area contributed by atoms with Crippen LogP contribution in [0, 0.1) is 6.92 Å². The summed E-state index contributed by atoms with van der Waals surface area (Å²) in [6.07, 6.45) is 0. The Hall–Kier alpha value is -7.94. The fourth-order valence-corrected chi connectivity index (χ4v) is 9.72. The Bertz CT molecular complexity index is 3490. The zero-order valence-electron chi connectivity index (χ0n) is 37.3. The van der Waals surface area contributed by atoms with E-state index < -0.39 is 0 Å². The Kier molecular flexibility index (Phi) is 10.0. The lowest BCUT2D eigenvalue weighted by Gasteiger charge is -2.29. The minimum absolute atomic E-state index is 0.0453. The van der Waals surface area contributed by atoms with Crippen LogP contribution in [0.5, 0.6) is 0 Å². The molecule has 0 bridgehead atoms. The molecule has 2 nitrogen and oxygen atoms in total. The third-order valence-electron chi connectivity index (χ3n) is 13.0. The number of anilines is 6. The first-order valence-electron chi connectivity index (χ1n) is 22.7. The molecule has 11 aromatic rings. The molecule has 0 amide bonds. The van der Waals surface area contributed by atoms with Crippen LogP contribution in [0.1, 0.15) is 31.9 Å². The van der Waals surface area contributed by atoms with Crippen molar-refractivity contribution in [3.8, 4) is 22.3 Å². The van der Waals surface area contributed by atoms with Gasteiger partial charge in [0, 0.05) is 34.1 Å². The van der Waals surface area contributed by atoms with E-state index in [0.717, 1.165) is 34.1 Å². The summed E-state index contributed by atoms with van der Waals surface area (Å²) in [5.41, 5.74) is 14.1. The SMILES string of the molecule is Cc1cccc(N(c2ccc(C(C)(C)C)cc2)c2ccc3c(-c4ccc5ccccc5c4)c4cc(N(c5ccccc5)c5ccccc5)ccc4c(-c4ccc5ccccc5c4)c3c2)c1. The third-order valence-corrected chi connectivity index (χ3v) is 13.0. The number of rotatable bonds is 8. The number of nitrogens with zero attached hydrogens (tertiary/aromatic N) is 2. The third kappa shape index (κ3) is 7.47. The predicted octanol–water partition coefficient (Wildman–Crippen LogP) is 18.2. The van der Waals surface area contributed by atoms with Gasteiger partial charge >= 0.3 is 0 Å². The smallest absolute Gasteiger partial charge is 0.0468 e. The van der Waals surface area contributed by atoms with Crippen molar-refractivity contribution < 1.29 is 0 Å². The average Bonchev–Trinajstić information content (AvgIpc) is 3.34. The van der Waals surface area contributed by atoms with Crippen LogP contribution in [0.25, 0.3) is 65.3 Å². The van der Waals surface area contributed by atoms with Gasteiger partial charge in [0.05, 0.1) is 0 Å². The van der Waals surface area contributed by atoms with Gasteiger partial charge in [0.1, 0.15) is 0 Å². The van der Waals surface area contributed by atoms with Crippen molar-refractivity contribution in [1.82, 2.24) is 0 Å². The summed E-state index contributed by atoms with van der Waals surface area (Å²) in [6.45, 7) is 9.01. The molecule has 11 rings (SSSR count). The molecule has 0 aromatic heterocycles. The summed E-state index contributed by atoms with van der Waals surface area (Å²) >= 11 is 0. The van der Waals surface area contributed by atoms with Gasteiger partial charge in [0.2, 0.25) is 0 Å². The van der Waals surface area contributed by atoms with E-state index in [1.807, 2.05) is 0 Å². The van der Waals surface area contributed by atoms with E-state index in [1.54, 1.807) is 0 Å². The van der Waals surface area contributed by atoms with Gasteiger partial charge in [-0.05, 0) is 174 Å². The van der Waals surface area contributed by atoms with E-state index in [1.165, 1.54) is 76.5 Å². The van der Waals surface area contributed by atoms with Crippen molar-refractivity contribution in [1.29, 1.82) is 0 Å². The summed E-state index contributed by atoms with van der Waals surface area (Å²) < 4.78 is 0. The molecule has 0 N–H and O–H groups in total. The summed E-state index contributed by atoms with van der Waals surface area (Å²) in [5, 5.41) is 9.70. The zero-order valence-corrected chi connectivity index (χ0v) is 37.3. The van der Waals surface area contributed by atoms with Crippen LogP contribution in [0.4, 0.5) is 34.1 Å².